The molecule has 2 rings (SSSR count). The van der Waals surface area contributed by atoms with Gasteiger partial charge in [-0.15, -0.1) is 12.4 Å². The van der Waals surface area contributed by atoms with Crippen molar-refractivity contribution < 1.29 is 13.2 Å². The molecule has 4 N–H and O–H groups in total. The van der Waals surface area contributed by atoms with Crippen molar-refractivity contribution in [3.63, 3.8) is 0 Å². The lowest BCUT2D eigenvalue weighted by molar-refractivity contribution is 0.0908. The molecule has 0 radical (unpaired) electrons. The first-order valence-corrected chi connectivity index (χ1v) is 10.2. The van der Waals surface area contributed by atoms with Gasteiger partial charge in [0.2, 0.25) is 10.0 Å². The van der Waals surface area contributed by atoms with Crippen LogP contribution in [0.3, 0.4) is 0 Å². The molecule has 1 saturated carbocycles. The van der Waals surface area contributed by atoms with Crippen LogP contribution in [0.4, 0.5) is 5.69 Å². The first-order chi connectivity index (χ1) is 11.4. The van der Waals surface area contributed by atoms with Crippen LogP contribution in [0.15, 0.2) is 24.3 Å². The Balaban J connectivity index is 0.00000312. The molecule has 0 heterocycles. The van der Waals surface area contributed by atoms with Crippen molar-refractivity contribution in [3.8, 4) is 0 Å². The number of sulfonamides is 1. The molecule has 2 unspecified atom stereocenters. The molecule has 0 spiro atoms. The van der Waals surface area contributed by atoms with E-state index in [0.29, 0.717) is 30.1 Å². The third-order valence-electron chi connectivity index (χ3n) is 4.42. The summed E-state index contributed by atoms with van der Waals surface area (Å²) in [5, 5.41) is 3.07. The number of nitrogens with one attached hydrogen (secondary N) is 2. The molecule has 8 heteroatoms. The summed E-state index contributed by atoms with van der Waals surface area (Å²) in [7, 11) is -3.32. The Morgan fingerprint density at radius 2 is 1.84 bits per heavy atom. The van der Waals surface area contributed by atoms with Gasteiger partial charge in [-0.1, -0.05) is 19.8 Å². The summed E-state index contributed by atoms with van der Waals surface area (Å²) in [6, 6.07) is 6.63. The number of nitrogens with two attached hydrogens (primary N) is 1. The van der Waals surface area contributed by atoms with E-state index in [9.17, 15) is 13.2 Å². The fourth-order valence-electron chi connectivity index (χ4n) is 3.12. The Labute approximate surface area is 156 Å². The molecule has 25 heavy (non-hydrogen) atoms. The average Bonchev–Trinajstić information content (AvgIpc) is 2.55. The zero-order chi connectivity index (χ0) is 17.6. The van der Waals surface area contributed by atoms with Crippen LogP contribution in [-0.2, 0) is 10.0 Å². The first kappa shape index (κ1) is 21.7. The summed E-state index contributed by atoms with van der Waals surface area (Å²) < 4.78 is 26.0. The highest BCUT2D eigenvalue weighted by molar-refractivity contribution is 7.92. The molecule has 6 nitrogen and oxygen atoms in total. The van der Waals surface area contributed by atoms with Gasteiger partial charge in [-0.2, -0.15) is 0 Å². The van der Waals surface area contributed by atoms with Gasteiger partial charge in [-0.3, -0.25) is 9.52 Å². The summed E-state index contributed by atoms with van der Waals surface area (Å²) in [5.41, 5.74) is 6.79. The topological polar surface area (TPSA) is 101 Å². The molecular weight excluding hydrogens is 362 g/mol. The predicted molar refractivity (Wildman–Crippen MR) is 104 cm³/mol. The van der Waals surface area contributed by atoms with Crippen LogP contribution in [0.25, 0.3) is 0 Å². The number of carbonyl (C=O) groups excluding carboxylic acids is 1. The lowest BCUT2D eigenvalue weighted by atomic mass is 9.84. The third-order valence-corrected chi connectivity index (χ3v) is 5.91. The van der Waals surface area contributed by atoms with E-state index in [1.807, 2.05) is 6.92 Å². The molecule has 0 aromatic heterocycles. The van der Waals surface area contributed by atoms with Gasteiger partial charge in [0.1, 0.15) is 0 Å². The second kappa shape index (κ2) is 9.99. The minimum Gasteiger partial charge on any atom is -0.349 e. The number of rotatable bonds is 7. The van der Waals surface area contributed by atoms with Crippen molar-refractivity contribution in [2.45, 2.75) is 45.1 Å². The van der Waals surface area contributed by atoms with Crippen LogP contribution in [0.5, 0.6) is 0 Å². The van der Waals surface area contributed by atoms with Crippen molar-refractivity contribution in [3.05, 3.63) is 29.8 Å². The average molecular weight is 390 g/mol. The zero-order valence-corrected chi connectivity index (χ0v) is 16.2. The largest absolute Gasteiger partial charge is 0.349 e. The Kier molecular flexibility index (Phi) is 8.68. The maximum atomic E-state index is 12.4. The van der Waals surface area contributed by atoms with E-state index in [1.54, 1.807) is 24.3 Å². The van der Waals surface area contributed by atoms with Gasteiger partial charge < -0.3 is 11.1 Å². The molecule has 1 aromatic carbocycles. The van der Waals surface area contributed by atoms with Gasteiger partial charge in [-0.05, 0) is 56.0 Å². The predicted octanol–water partition coefficient (Wildman–Crippen LogP) is 2.51. The van der Waals surface area contributed by atoms with Crippen molar-refractivity contribution in [1.82, 2.24) is 5.32 Å². The number of benzene rings is 1. The first-order valence-electron chi connectivity index (χ1n) is 8.56. The highest BCUT2D eigenvalue weighted by Crippen LogP contribution is 2.24. The minimum absolute atomic E-state index is 0. The molecule has 1 aromatic rings. The van der Waals surface area contributed by atoms with Crippen LogP contribution in [0.1, 0.15) is 49.4 Å². The number of hydrogen-bond acceptors (Lipinski definition) is 4. The Bertz CT molecular complexity index is 650. The molecule has 0 bridgehead atoms. The van der Waals surface area contributed by atoms with E-state index in [4.69, 9.17) is 5.73 Å². The number of carbonyl (C=O) groups is 1. The highest BCUT2D eigenvalue weighted by atomic mass is 35.5. The van der Waals surface area contributed by atoms with Gasteiger partial charge in [0.15, 0.2) is 0 Å². The minimum atomic E-state index is -3.32. The van der Waals surface area contributed by atoms with Gasteiger partial charge >= 0.3 is 0 Å². The molecule has 1 fully saturated rings. The number of hydrogen-bond donors (Lipinski definition) is 3. The SMILES string of the molecule is CCCS(=O)(=O)Nc1ccc(C(=O)NC2CCCCC2CN)cc1.Cl. The van der Waals surface area contributed by atoms with Gasteiger partial charge in [-0.25, -0.2) is 8.42 Å². The van der Waals surface area contributed by atoms with E-state index in [1.165, 1.54) is 6.42 Å². The monoisotopic (exact) mass is 389 g/mol. The maximum absolute atomic E-state index is 12.4. The van der Waals surface area contributed by atoms with Gasteiger partial charge in [0.05, 0.1) is 5.75 Å². The van der Waals surface area contributed by atoms with E-state index in [2.05, 4.69) is 10.0 Å². The molecule has 1 aliphatic rings. The highest BCUT2D eigenvalue weighted by Gasteiger charge is 2.25. The Morgan fingerprint density at radius 3 is 2.44 bits per heavy atom. The molecule has 1 amide bonds. The van der Waals surface area contributed by atoms with Crippen LogP contribution in [0.2, 0.25) is 0 Å². The third kappa shape index (κ3) is 6.49. The van der Waals surface area contributed by atoms with E-state index in [0.717, 1.165) is 19.3 Å². The van der Waals surface area contributed by atoms with E-state index < -0.39 is 10.0 Å². The summed E-state index contributed by atoms with van der Waals surface area (Å²) in [6.07, 6.45) is 4.85. The van der Waals surface area contributed by atoms with Crippen LogP contribution >= 0.6 is 12.4 Å². The number of halogens is 1. The summed E-state index contributed by atoms with van der Waals surface area (Å²) >= 11 is 0. The second-order valence-electron chi connectivity index (χ2n) is 6.36. The zero-order valence-electron chi connectivity index (χ0n) is 14.5. The molecule has 1 aliphatic carbocycles. The van der Waals surface area contributed by atoms with E-state index >= 15 is 0 Å². The van der Waals surface area contributed by atoms with Crippen molar-refractivity contribution in [2.75, 3.05) is 17.0 Å². The van der Waals surface area contributed by atoms with Crippen LogP contribution < -0.4 is 15.8 Å². The van der Waals surface area contributed by atoms with Gasteiger partial charge in [0.25, 0.3) is 5.91 Å². The molecule has 142 valence electrons. The van der Waals surface area contributed by atoms with Crippen molar-refractivity contribution >= 4 is 34.0 Å². The lowest BCUT2D eigenvalue weighted by Gasteiger charge is -2.31. The standard InChI is InChI=1S/C17H27N3O3S.ClH/c1-2-11-24(22,23)20-15-9-7-13(8-10-15)17(21)19-16-6-4-3-5-14(16)12-18;/h7-10,14,16,20H,2-6,11-12,18H2,1H3,(H,19,21);1H. The second-order valence-corrected chi connectivity index (χ2v) is 8.20. The van der Waals surface area contributed by atoms with Gasteiger partial charge in [0, 0.05) is 17.3 Å². The number of anilines is 1. The van der Waals surface area contributed by atoms with Crippen molar-refractivity contribution in [2.24, 2.45) is 11.7 Å². The molecular formula is C17H28ClN3O3S. The quantitative estimate of drug-likeness (QED) is 0.666. The molecule has 2 atom stereocenters. The number of amides is 1. The van der Waals surface area contributed by atoms with Crippen LogP contribution in [-0.4, -0.2) is 32.7 Å². The normalized spacial score (nSPS) is 20.4. The maximum Gasteiger partial charge on any atom is 0.251 e. The lowest BCUT2D eigenvalue weighted by Crippen LogP contribution is -2.44. The Hall–Kier alpha value is -1.31. The Morgan fingerprint density at radius 1 is 1.20 bits per heavy atom. The molecule has 0 saturated heterocycles. The van der Waals surface area contributed by atoms with Crippen LogP contribution in [0, 0.1) is 5.92 Å². The van der Waals surface area contributed by atoms with E-state index in [-0.39, 0.29) is 30.1 Å². The summed E-state index contributed by atoms with van der Waals surface area (Å²) in [4.78, 5) is 12.4. The summed E-state index contributed by atoms with van der Waals surface area (Å²) in [5.74, 6) is 0.281. The smallest absolute Gasteiger partial charge is 0.251 e. The fraction of sp³-hybridized carbons (Fsp3) is 0.588. The molecule has 0 aliphatic heterocycles. The van der Waals surface area contributed by atoms with Crippen molar-refractivity contribution in [1.29, 1.82) is 0 Å². The summed E-state index contributed by atoms with van der Waals surface area (Å²) in [6.45, 7) is 2.40. The fourth-order valence-corrected chi connectivity index (χ4v) is 4.26.